The normalized spacial score (nSPS) is 14.0. The Kier molecular flexibility index (Phi) is 6.62. The molecular formula is C24H26N4O3. The van der Waals surface area contributed by atoms with Crippen LogP contribution in [-0.2, 0) is 11.2 Å². The van der Waals surface area contributed by atoms with Gasteiger partial charge in [0.05, 0.1) is 12.1 Å². The number of anilines is 2. The van der Waals surface area contributed by atoms with Gasteiger partial charge in [-0.15, -0.1) is 0 Å². The van der Waals surface area contributed by atoms with E-state index in [-0.39, 0.29) is 18.4 Å². The van der Waals surface area contributed by atoms with Crippen LogP contribution in [0.2, 0.25) is 0 Å². The van der Waals surface area contributed by atoms with Gasteiger partial charge in [0.2, 0.25) is 11.8 Å². The maximum atomic E-state index is 12.4. The van der Waals surface area contributed by atoms with Crippen molar-refractivity contribution < 1.29 is 14.0 Å². The van der Waals surface area contributed by atoms with E-state index >= 15 is 0 Å². The monoisotopic (exact) mass is 418 g/mol. The second-order valence-electron chi connectivity index (χ2n) is 7.64. The number of likely N-dealkylation sites (tertiary alicyclic amines) is 1. The molecule has 3 aromatic rings. The summed E-state index contributed by atoms with van der Waals surface area (Å²) < 4.78 is 5.48. The molecule has 2 heterocycles. The summed E-state index contributed by atoms with van der Waals surface area (Å²) in [5.41, 5.74) is 2.80. The Labute approximate surface area is 181 Å². The molecule has 160 valence electrons. The molecule has 1 saturated heterocycles. The summed E-state index contributed by atoms with van der Waals surface area (Å²) in [6.45, 7) is 1.60. The topological polar surface area (TPSA) is 87.5 Å². The van der Waals surface area contributed by atoms with Gasteiger partial charge in [0.15, 0.2) is 0 Å². The summed E-state index contributed by atoms with van der Waals surface area (Å²) in [4.78, 5) is 31.0. The van der Waals surface area contributed by atoms with Crippen molar-refractivity contribution in [2.75, 3.05) is 23.7 Å². The molecule has 31 heavy (non-hydrogen) atoms. The number of carbonyl (C=O) groups is 2. The first kappa shape index (κ1) is 20.7. The van der Waals surface area contributed by atoms with Crippen molar-refractivity contribution in [2.45, 2.75) is 32.1 Å². The molecular weight excluding hydrogens is 392 g/mol. The molecule has 0 atom stereocenters. The third kappa shape index (κ3) is 5.72. The summed E-state index contributed by atoms with van der Waals surface area (Å²) in [5.74, 6) is 0.308. The van der Waals surface area contributed by atoms with E-state index in [4.69, 9.17) is 4.42 Å². The Balaban J connectivity index is 1.29. The van der Waals surface area contributed by atoms with Gasteiger partial charge in [-0.25, -0.2) is 9.78 Å². The maximum Gasteiger partial charge on any atom is 0.321 e. The summed E-state index contributed by atoms with van der Waals surface area (Å²) in [6.07, 6.45) is 6.08. The Hall–Kier alpha value is -3.61. The van der Waals surface area contributed by atoms with Gasteiger partial charge in [-0.05, 0) is 49.2 Å². The highest BCUT2D eigenvalue weighted by Gasteiger charge is 2.15. The van der Waals surface area contributed by atoms with Gasteiger partial charge in [0, 0.05) is 30.0 Å². The smallest absolute Gasteiger partial charge is 0.321 e. The number of urea groups is 1. The van der Waals surface area contributed by atoms with Crippen molar-refractivity contribution >= 4 is 23.3 Å². The van der Waals surface area contributed by atoms with Crippen molar-refractivity contribution in [2.24, 2.45) is 0 Å². The SMILES string of the molecule is O=C(Cc1coc(-c2ccccc2)n1)Nc1ccc(NC(=O)N2CCCCCC2)cc1. The molecule has 2 aromatic carbocycles. The fraction of sp³-hybridized carbons (Fsp3) is 0.292. The van der Waals surface area contributed by atoms with E-state index in [1.165, 1.54) is 19.1 Å². The number of nitrogens with zero attached hydrogens (tertiary/aromatic N) is 2. The molecule has 0 aliphatic carbocycles. The van der Waals surface area contributed by atoms with Crippen LogP contribution >= 0.6 is 0 Å². The van der Waals surface area contributed by atoms with Crippen LogP contribution in [-0.4, -0.2) is 34.9 Å². The van der Waals surface area contributed by atoms with Gasteiger partial charge in [0.25, 0.3) is 0 Å². The molecule has 0 radical (unpaired) electrons. The number of rotatable bonds is 5. The van der Waals surface area contributed by atoms with Crippen LogP contribution in [0, 0.1) is 0 Å². The van der Waals surface area contributed by atoms with E-state index in [9.17, 15) is 9.59 Å². The van der Waals surface area contributed by atoms with E-state index in [0.29, 0.717) is 23.0 Å². The van der Waals surface area contributed by atoms with Crippen molar-refractivity contribution in [3.05, 3.63) is 66.6 Å². The standard InChI is InChI=1S/C24H26N4O3/c29-22(16-21-17-31-23(26-21)18-8-4-3-5-9-18)25-19-10-12-20(13-11-19)27-24(30)28-14-6-1-2-7-15-28/h3-5,8-13,17H,1-2,6-7,14-16H2,(H,25,29)(H,27,30). The lowest BCUT2D eigenvalue weighted by Crippen LogP contribution is -2.35. The Morgan fingerprint density at radius 3 is 2.19 bits per heavy atom. The molecule has 0 saturated carbocycles. The average molecular weight is 418 g/mol. The van der Waals surface area contributed by atoms with Crippen LogP contribution in [0.3, 0.4) is 0 Å². The third-order valence-corrected chi connectivity index (χ3v) is 5.23. The van der Waals surface area contributed by atoms with E-state index in [1.807, 2.05) is 35.2 Å². The summed E-state index contributed by atoms with van der Waals surface area (Å²) in [5, 5.41) is 5.78. The number of hydrogen-bond donors (Lipinski definition) is 2. The predicted molar refractivity (Wildman–Crippen MR) is 120 cm³/mol. The number of benzene rings is 2. The molecule has 0 bridgehead atoms. The number of aromatic nitrogens is 1. The van der Waals surface area contributed by atoms with E-state index in [1.54, 1.807) is 24.3 Å². The van der Waals surface area contributed by atoms with Crippen molar-refractivity contribution in [1.82, 2.24) is 9.88 Å². The van der Waals surface area contributed by atoms with Gasteiger partial charge in [-0.1, -0.05) is 31.0 Å². The van der Waals surface area contributed by atoms with Crippen LogP contribution in [0.4, 0.5) is 16.2 Å². The van der Waals surface area contributed by atoms with E-state index < -0.39 is 0 Å². The minimum atomic E-state index is -0.186. The first-order valence-corrected chi connectivity index (χ1v) is 10.6. The van der Waals surface area contributed by atoms with Crippen molar-refractivity contribution in [3.63, 3.8) is 0 Å². The average Bonchev–Trinajstić information content (AvgIpc) is 3.07. The largest absolute Gasteiger partial charge is 0.444 e. The van der Waals surface area contributed by atoms with Gasteiger partial charge in [0.1, 0.15) is 6.26 Å². The minimum Gasteiger partial charge on any atom is -0.444 e. The fourth-order valence-corrected chi connectivity index (χ4v) is 3.58. The lowest BCUT2D eigenvalue weighted by atomic mass is 10.2. The Morgan fingerprint density at radius 2 is 1.52 bits per heavy atom. The summed E-state index contributed by atoms with van der Waals surface area (Å²) >= 11 is 0. The summed E-state index contributed by atoms with van der Waals surface area (Å²) in [6, 6.07) is 16.6. The lowest BCUT2D eigenvalue weighted by Gasteiger charge is -2.20. The molecule has 0 unspecified atom stereocenters. The molecule has 7 heteroatoms. The zero-order valence-electron chi connectivity index (χ0n) is 17.3. The minimum absolute atomic E-state index is 0.0704. The number of amides is 3. The Bertz CT molecular complexity index is 1010. The zero-order valence-corrected chi connectivity index (χ0v) is 17.3. The molecule has 0 spiro atoms. The molecule has 7 nitrogen and oxygen atoms in total. The Morgan fingerprint density at radius 1 is 0.871 bits per heavy atom. The second-order valence-corrected chi connectivity index (χ2v) is 7.64. The molecule has 1 aromatic heterocycles. The highest BCUT2D eigenvalue weighted by atomic mass is 16.3. The molecule has 1 aliphatic rings. The van der Waals surface area contributed by atoms with Gasteiger partial charge in [-0.2, -0.15) is 0 Å². The number of oxazole rings is 1. The van der Waals surface area contributed by atoms with Gasteiger partial charge in [-0.3, -0.25) is 4.79 Å². The maximum absolute atomic E-state index is 12.4. The van der Waals surface area contributed by atoms with Crippen LogP contribution in [0.1, 0.15) is 31.4 Å². The number of nitrogens with one attached hydrogen (secondary N) is 2. The number of carbonyl (C=O) groups excluding carboxylic acids is 2. The van der Waals surface area contributed by atoms with Crippen molar-refractivity contribution in [1.29, 1.82) is 0 Å². The second kappa shape index (κ2) is 9.93. The highest BCUT2D eigenvalue weighted by Crippen LogP contribution is 2.19. The summed E-state index contributed by atoms with van der Waals surface area (Å²) in [7, 11) is 0. The van der Waals surface area contributed by atoms with Gasteiger partial charge < -0.3 is 20.0 Å². The lowest BCUT2D eigenvalue weighted by molar-refractivity contribution is -0.115. The van der Waals surface area contributed by atoms with Crippen molar-refractivity contribution in [3.8, 4) is 11.5 Å². The van der Waals surface area contributed by atoms with Crippen LogP contribution in [0.15, 0.2) is 65.3 Å². The fourth-order valence-electron chi connectivity index (χ4n) is 3.58. The van der Waals surface area contributed by atoms with Gasteiger partial charge >= 0.3 is 6.03 Å². The highest BCUT2D eigenvalue weighted by molar-refractivity contribution is 5.93. The predicted octanol–water partition coefficient (Wildman–Crippen LogP) is 4.93. The van der Waals surface area contributed by atoms with E-state index in [2.05, 4.69) is 15.6 Å². The quantitative estimate of drug-likeness (QED) is 0.615. The van der Waals surface area contributed by atoms with Crippen LogP contribution in [0.25, 0.3) is 11.5 Å². The third-order valence-electron chi connectivity index (χ3n) is 5.23. The molecule has 4 rings (SSSR count). The molecule has 1 fully saturated rings. The zero-order chi connectivity index (χ0) is 21.5. The van der Waals surface area contributed by atoms with Crippen LogP contribution in [0.5, 0.6) is 0 Å². The molecule has 2 N–H and O–H groups in total. The van der Waals surface area contributed by atoms with E-state index in [0.717, 1.165) is 31.5 Å². The molecule has 3 amide bonds. The number of hydrogen-bond acceptors (Lipinski definition) is 4. The molecule has 1 aliphatic heterocycles. The first-order valence-electron chi connectivity index (χ1n) is 10.6. The first-order chi connectivity index (χ1) is 15.2. The van der Waals surface area contributed by atoms with Crippen LogP contribution < -0.4 is 10.6 Å².